The Labute approximate surface area is 304 Å². The van der Waals surface area contributed by atoms with Crippen LogP contribution in [0.5, 0.6) is 0 Å². The molecule has 13 heteroatoms. The Hall–Kier alpha value is -6.63. The molecule has 1 aliphatic carbocycles. The van der Waals surface area contributed by atoms with Gasteiger partial charge in [0, 0.05) is 79.3 Å². The van der Waals surface area contributed by atoms with Crippen LogP contribution in [0.2, 0.25) is 0 Å². The molecule has 3 aromatic carbocycles. The van der Waals surface area contributed by atoms with Gasteiger partial charge in [-0.1, -0.05) is 23.4 Å². The van der Waals surface area contributed by atoms with Crippen molar-refractivity contribution < 1.29 is 24.4 Å². The van der Waals surface area contributed by atoms with E-state index in [0.717, 1.165) is 87.1 Å². The maximum Gasteiger partial charge on any atom is 0.262 e. The number of aryl methyl sites for hydroxylation is 1. The van der Waals surface area contributed by atoms with E-state index in [4.69, 9.17) is 5.10 Å². The SMILES string of the molecule is O=C1CCC(N2C(=O)c3ccc(N4CCN(c5ccc(-n6cc(-c7ccc8c(c7)CC/C8=N\O)c(-c7ccncc7)n6)cc5)CC4)cc3C2=O)C(=O)N1. The van der Waals surface area contributed by atoms with Crippen molar-refractivity contribution in [1.29, 1.82) is 0 Å². The number of hydrogen-bond donors (Lipinski definition) is 2. The number of piperidine rings is 1. The largest absolute Gasteiger partial charge is 0.411 e. The predicted molar refractivity (Wildman–Crippen MR) is 196 cm³/mol. The third-order valence-electron chi connectivity index (χ3n) is 10.7. The lowest BCUT2D eigenvalue weighted by Gasteiger charge is -2.37. The number of oxime groups is 1. The van der Waals surface area contributed by atoms with Gasteiger partial charge in [-0.25, -0.2) is 4.68 Å². The smallest absolute Gasteiger partial charge is 0.262 e. The monoisotopic (exact) mass is 706 g/mol. The highest BCUT2D eigenvalue weighted by Gasteiger charge is 2.44. The Morgan fingerprint density at radius 3 is 2.09 bits per heavy atom. The highest BCUT2D eigenvalue weighted by molar-refractivity contribution is 6.23. The molecular formula is C40H34N8O5. The average Bonchev–Trinajstić information content (AvgIpc) is 3.89. The Bertz CT molecular complexity index is 2340. The van der Waals surface area contributed by atoms with Gasteiger partial charge >= 0.3 is 0 Å². The van der Waals surface area contributed by atoms with Crippen molar-refractivity contribution in [1.82, 2.24) is 25.0 Å². The molecule has 264 valence electrons. The molecule has 2 fully saturated rings. The number of rotatable bonds is 6. The maximum absolute atomic E-state index is 13.4. The summed E-state index contributed by atoms with van der Waals surface area (Å²) in [5, 5.41) is 20.2. The van der Waals surface area contributed by atoms with Crippen LogP contribution >= 0.6 is 0 Å². The van der Waals surface area contributed by atoms with Gasteiger partial charge in [-0.3, -0.25) is 34.4 Å². The summed E-state index contributed by atoms with van der Waals surface area (Å²) in [6, 6.07) is 22.8. The van der Waals surface area contributed by atoms with Gasteiger partial charge in [0.1, 0.15) is 11.7 Å². The Morgan fingerprint density at radius 1 is 0.679 bits per heavy atom. The van der Waals surface area contributed by atoms with Crippen molar-refractivity contribution in [2.24, 2.45) is 5.16 Å². The van der Waals surface area contributed by atoms with Gasteiger partial charge in [-0.2, -0.15) is 5.10 Å². The van der Waals surface area contributed by atoms with Gasteiger partial charge < -0.3 is 15.0 Å². The Kier molecular flexibility index (Phi) is 7.83. The molecule has 0 spiro atoms. The molecule has 1 unspecified atom stereocenters. The molecule has 1 atom stereocenters. The summed E-state index contributed by atoms with van der Waals surface area (Å²) in [6.45, 7) is 2.93. The number of nitrogens with zero attached hydrogens (tertiary/aromatic N) is 7. The third-order valence-corrected chi connectivity index (χ3v) is 10.7. The quantitative estimate of drug-likeness (QED) is 0.148. The van der Waals surface area contributed by atoms with Gasteiger partial charge in [0.25, 0.3) is 11.8 Å². The number of anilines is 2. The van der Waals surface area contributed by atoms with E-state index < -0.39 is 29.7 Å². The molecule has 5 heterocycles. The fourth-order valence-electron chi connectivity index (χ4n) is 7.88. The first-order chi connectivity index (χ1) is 25.9. The van der Waals surface area contributed by atoms with Gasteiger partial charge in [-0.05, 0) is 85.0 Å². The molecule has 2 saturated heterocycles. The standard InChI is InChI=1S/C40H34N8O5/c49-36-12-11-35(38(50)42-36)48-39(51)31-9-7-29(22-32(31)40(48)52)46-19-17-45(18-20-46)27-3-5-28(6-4-27)47-23-33(37(43-47)24-13-15-41-16-14-24)26-1-8-30-25(21-26)2-10-34(30)44-53/h1,3-9,13-16,21-23,35,53H,2,10-12,17-20H2,(H,42,49,50)/b44-34+. The van der Waals surface area contributed by atoms with E-state index in [2.05, 4.69) is 67.9 Å². The number of aromatic nitrogens is 3. The van der Waals surface area contributed by atoms with E-state index in [1.54, 1.807) is 24.5 Å². The molecule has 0 radical (unpaired) electrons. The lowest BCUT2D eigenvalue weighted by molar-refractivity contribution is -0.136. The van der Waals surface area contributed by atoms with E-state index in [-0.39, 0.29) is 24.0 Å². The topological polar surface area (TPSA) is 153 Å². The number of hydrogen-bond acceptors (Lipinski definition) is 10. The molecule has 2 aromatic heterocycles. The lowest BCUT2D eigenvalue weighted by atomic mass is 9.98. The molecule has 4 aliphatic rings. The first-order valence-corrected chi connectivity index (χ1v) is 17.7. The van der Waals surface area contributed by atoms with Crippen LogP contribution in [0.4, 0.5) is 11.4 Å². The summed E-state index contributed by atoms with van der Waals surface area (Å²) < 4.78 is 1.90. The van der Waals surface area contributed by atoms with Crippen LogP contribution in [0.25, 0.3) is 28.1 Å². The summed E-state index contributed by atoms with van der Waals surface area (Å²) in [6.07, 6.45) is 7.34. The van der Waals surface area contributed by atoms with E-state index in [1.807, 2.05) is 28.9 Å². The number of carbonyl (C=O) groups is 4. The first-order valence-electron chi connectivity index (χ1n) is 17.7. The molecular weight excluding hydrogens is 672 g/mol. The molecule has 13 nitrogen and oxygen atoms in total. The number of benzene rings is 3. The molecule has 5 aromatic rings. The van der Waals surface area contributed by atoms with Gasteiger partial charge in [-0.15, -0.1) is 0 Å². The van der Waals surface area contributed by atoms with Crippen molar-refractivity contribution in [2.45, 2.75) is 31.7 Å². The number of imide groups is 2. The van der Waals surface area contributed by atoms with Crippen LogP contribution < -0.4 is 15.1 Å². The molecule has 9 rings (SSSR count). The molecule has 0 bridgehead atoms. The van der Waals surface area contributed by atoms with E-state index >= 15 is 0 Å². The zero-order valence-corrected chi connectivity index (χ0v) is 28.6. The van der Waals surface area contributed by atoms with Crippen molar-refractivity contribution in [3.05, 3.63) is 114 Å². The zero-order chi connectivity index (χ0) is 36.2. The number of piperazine rings is 1. The van der Waals surface area contributed by atoms with Crippen molar-refractivity contribution >= 4 is 40.7 Å². The minimum atomic E-state index is -0.987. The summed E-state index contributed by atoms with van der Waals surface area (Å²) in [4.78, 5) is 60.3. The Morgan fingerprint density at radius 2 is 1.36 bits per heavy atom. The maximum atomic E-state index is 13.4. The van der Waals surface area contributed by atoms with Crippen LogP contribution in [-0.4, -0.2) is 86.4 Å². The number of carbonyl (C=O) groups excluding carboxylic acids is 4. The van der Waals surface area contributed by atoms with Crippen LogP contribution in [0, 0.1) is 0 Å². The summed E-state index contributed by atoms with van der Waals surface area (Å²) >= 11 is 0. The predicted octanol–water partition coefficient (Wildman–Crippen LogP) is 4.45. The second-order valence-corrected chi connectivity index (χ2v) is 13.7. The molecule has 53 heavy (non-hydrogen) atoms. The first kappa shape index (κ1) is 32.3. The second-order valence-electron chi connectivity index (χ2n) is 13.7. The van der Waals surface area contributed by atoms with Crippen LogP contribution in [0.3, 0.4) is 0 Å². The van der Waals surface area contributed by atoms with Crippen LogP contribution in [-0.2, 0) is 16.0 Å². The zero-order valence-electron chi connectivity index (χ0n) is 28.6. The van der Waals surface area contributed by atoms with E-state index in [1.165, 1.54) is 0 Å². The summed E-state index contributed by atoms with van der Waals surface area (Å²) in [7, 11) is 0. The van der Waals surface area contributed by atoms with Crippen molar-refractivity contribution in [3.8, 4) is 28.1 Å². The third kappa shape index (κ3) is 5.61. The molecule has 0 saturated carbocycles. The van der Waals surface area contributed by atoms with Gasteiger partial charge in [0.05, 0.1) is 22.5 Å². The van der Waals surface area contributed by atoms with E-state index in [0.29, 0.717) is 13.1 Å². The summed E-state index contributed by atoms with van der Waals surface area (Å²) in [5.41, 5.74) is 10.1. The second kappa shape index (κ2) is 12.9. The van der Waals surface area contributed by atoms with Crippen LogP contribution in [0.15, 0.2) is 96.5 Å². The Balaban J connectivity index is 0.905. The molecule has 4 amide bonds. The minimum Gasteiger partial charge on any atom is -0.411 e. The number of pyridine rings is 1. The fraction of sp³-hybridized carbons (Fsp3) is 0.225. The molecule has 3 aliphatic heterocycles. The number of fused-ring (bicyclic) bond motifs is 2. The number of nitrogens with one attached hydrogen (secondary N) is 1. The van der Waals surface area contributed by atoms with Gasteiger partial charge in [0.2, 0.25) is 11.8 Å². The van der Waals surface area contributed by atoms with Crippen molar-refractivity contribution in [3.63, 3.8) is 0 Å². The summed E-state index contributed by atoms with van der Waals surface area (Å²) in [5.74, 6) is -2.02. The minimum absolute atomic E-state index is 0.0830. The normalized spacial score (nSPS) is 19.2. The molecule has 2 N–H and O–H groups in total. The van der Waals surface area contributed by atoms with E-state index in [9.17, 15) is 24.4 Å². The van der Waals surface area contributed by atoms with Gasteiger partial charge in [0.15, 0.2) is 0 Å². The van der Waals surface area contributed by atoms with Crippen molar-refractivity contribution in [2.75, 3.05) is 36.0 Å². The average molecular weight is 707 g/mol. The fourth-order valence-corrected chi connectivity index (χ4v) is 7.88. The highest BCUT2D eigenvalue weighted by Crippen LogP contribution is 2.36. The van der Waals surface area contributed by atoms with Crippen LogP contribution in [0.1, 0.15) is 51.1 Å². The highest BCUT2D eigenvalue weighted by atomic mass is 16.4. The lowest BCUT2D eigenvalue weighted by Crippen LogP contribution is -2.54. The number of amides is 4.